The number of esters is 1. The van der Waals surface area contributed by atoms with Crippen LogP contribution in [0.2, 0.25) is 0 Å². The van der Waals surface area contributed by atoms with Gasteiger partial charge in [0.15, 0.2) is 5.75 Å². The largest absolute Gasteiger partial charge is 0.424 e. The van der Waals surface area contributed by atoms with Crippen molar-refractivity contribution in [3.63, 3.8) is 0 Å². The minimum Gasteiger partial charge on any atom is -0.424 e. The lowest BCUT2D eigenvalue weighted by Crippen LogP contribution is -2.30. The Kier molecular flexibility index (Phi) is 6.56. The van der Waals surface area contributed by atoms with Crippen LogP contribution >= 0.6 is 0 Å². The highest BCUT2D eigenvalue weighted by atomic mass is 32.2. The van der Waals surface area contributed by atoms with E-state index in [0.29, 0.717) is 12.8 Å². The number of hydrogen-bond donors (Lipinski definition) is 1. The van der Waals surface area contributed by atoms with Crippen LogP contribution in [-0.2, 0) is 26.2 Å². The minimum absolute atomic E-state index is 0.0651. The van der Waals surface area contributed by atoms with Gasteiger partial charge >= 0.3 is 16.2 Å². The molecule has 1 aliphatic carbocycles. The number of nitrogens with one attached hydrogen (secondary N) is 1. The van der Waals surface area contributed by atoms with Crippen LogP contribution in [0.15, 0.2) is 30.3 Å². The summed E-state index contributed by atoms with van der Waals surface area (Å²) in [6.07, 6.45) is 5.97. The maximum Gasteiger partial charge on any atom is 0.326 e. The number of ether oxygens (including phenoxy) is 1. The van der Waals surface area contributed by atoms with Crippen molar-refractivity contribution in [1.82, 2.24) is 4.72 Å². The zero-order chi connectivity index (χ0) is 23.6. The van der Waals surface area contributed by atoms with Crippen molar-refractivity contribution in [2.24, 2.45) is 11.8 Å². The summed E-state index contributed by atoms with van der Waals surface area (Å²) in [5.41, 5.74) is 1.17. The van der Waals surface area contributed by atoms with Gasteiger partial charge in [-0.1, -0.05) is 37.5 Å². The molecule has 1 heterocycles. The van der Waals surface area contributed by atoms with Crippen LogP contribution < -0.4 is 13.8 Å². The summed E-state index contributed by atoms with van der Waals surface area (Å²) in [6.45, 7) is 1.50. The van der Waals surface area contributed by atoms with E-state index in [1.807, 2.05) is 29.8 Å². The van der Waals surface area contributed by atoms with Gasteiger partial charge in [-0.25, -0.2) is 9.03 Å². The first-order valence-corrected chi connectivity index (χ1v) is 12.7. The van der Waals surface area contributed by atoms with Gasteiger partial charge in [0.1, 0.15) is 6.54 Å². The van der Waals surface area contributed by atoms with Crippen molar-refractivity contribution in [2.45, 2.75) is 51.9 Å². The van der Waals surface area contributed by atoms with Gasteiger partial charge in [0.2, 0.25) is 0 Å². The topological polar surface area (TPSA) is 117 Å². The lowest BCUT2D eigenvalue weighted by Gasteiger charge is -2.23. The number of anilines is 1. The molecule has 33 heavy (non-hydrogen) atoms. The van der Waals surface area contributed by atoms with Gasteiger partial charge in [-0.15, -0.1) is 0 Å². The Balaban J connectivity index is 1.72. The molecule has 9 heteroatoms. The molecule has 1 saturated heterocycles. The predicted molar refractivity (Wildman–Crippen MR) is 124 cm³/mol. The third kappa shape index (κ3) is 5.11. The summed E-state index contributed by atoms with van der Waals surface area (Å²) in [5.74, 6) is -1.15. The van der Waals surface area contributed by atoms with E-state index in [1.165, 1.54) is 0 Å². The number of hydrogen-bond acceptors (Lipinski definition) is 6. The number of amides is 1. The first kappa shape index (κ1) is 23.1. The average Bonchev–Trinajstić information content (AvgIpc) is 3.08. The van der Waals surface area contributed by atoms with Gasteiger partial charge in [-0.2, -0.15) is 13.7 Å². The lowest BCUT2D eigenvalue weighted by molar-refractivity contribution is -0.139. The summed E-state index contributed by atoms with van der Waals surface area (Å²) in [7, 11) is -4.07. The first-order chi connectivity index (χ1) is 15.8. The van der Waals surface area contributed by atoms with E-state index in [-0.39, 0.29) is 35.8 Å². The van der Waals surface area contributed by atoms with Crippen LogP contribution in [0.5, 0.6) is 5.75 Å². The van der Waals surface area contributed by atoms with Gasteiger partial charge in [0, 0.05) is 5.92 Å². The number of rotatable bonds is 6. The number of fused-ring (bicyclic) bond motifs is 1. The minimum atomic E-state index is -4.07. The molecule has 2 fully saturated rings. The van der Waals surface area contributed by atoms with Crippen molar-refractivity contribution >= 4 is 38.5 Å². The maximum absolute atomic E-state index is 12.8. The molecule has 174 valence electrons. The van der Waals surface area contributed by atoms with E-state index >= 15 is 0 Å². The van der Waals surface area contributed by atoms with Crippen molar-refractivity contribution in [3.8, 4) is 11.8 Å². The second-order valence-electron chi connectivity index (χ2n) is 8.86. The Hall–Kier alpha value is -3.12. The van der Waals surface area contributed by atoms with Crippen molar-refractivity contribution in [1.29, 1.82) is 5.26 Å². The zero-order valence-corrected chi connectivity index (χ0v) is 19.4. The van der Waals surface area contributed by atoms with Gasteiger partial charge in [0.25, 0.3) is 5.91 Å². The van der Waals surface area contributed by atoms with E-state index in [0.717, 1.165) is 52.7 Å². The summed E-state index contributed by atoms with van der Waals surface area (Å²) < 4.78 is 33.8. The summed E-state index contributed by atoms with van der Waals surface area (Å²) in [4.78, 5) is 24.7. The molecular weight excluding hydrogens is 442 g/mol. The molecule has 0 spiro atoms. The number of aryl methyl sites for hydroxylation is 1. The molecule has 2 aromatic rings. The summed E-state index contributed by atoms with van der Waals surface area (Å²) >= 11 is 0. The molecule has 1 aliphatic heterocycles. The number of nitriles is 1. The van der Waals surface area contributed by atoms with E-state index in [4.69, 9.17) is 10.00 Å². The molecule has 2 aromatic carbocycles. The van der Waals surface area contributed by atoms with Crippen LogP contribution in [0, 0.1) is 23.2 Å². The Labute approximate surface area is 193 Å². The van der Waals surface area contributed by atoms with Crippen LogP contribution in [0.1, 0.15) is 51.0 Å². The van der Waals surface area contributed by atoms with Gasteiger partial charge < -0.3 is 4.74 Å². The van der Waals surface area contributed by atoms with E-state index in [9.17, 15) is 18.0 Å². The standard InChI is InChI=1S/C24H27N3O5S/c1-16(14-25)7-8-17-9-10-19-13-22(32-24(29)18-5-3-2-4-6-18)21(12-20(19)11-17)27-15-23(28)26-33(27,30)31/h9-13,16,18H,2-8,15H2,1H3,(H,26,28). The van der Waals surface area contributed by atoms with Crippen LogP contribution in [-0.4, -0.2) is 26.8 Å². The fourth-order valence-corrected chi connectivity index (χ4v) is 5.54. The second-order valence-corrected chi connectivity index (χ2v) is 10.5. The van der Waals surface area contributed by atoms with Crippen molar-refractivity contribution in [3.05, 3.63) is 35.9 Å². The number of benzene rings is 2. The highest BCUT2D eigenvalue weighted by molar-refractivity contribution is 7.92. The molecule has 1 atom stereocenters. The number of nitrogens with zero attached hydrogens (tertiary/aromatic N) is 2. The Morgan fingerprint density at radius 1 is 1.21 bits per heavy atom. The molecule has 1 amide bonds. The zero-order valence-electron chi connectivity index (χ0n) is 18.5. The highest BCUT2D eigenvalue weighted by Crippen LogP contribution is 2.37. The molecule has 4 rings (SSSR count). The number of carbonyl (C=O) groups is 2. The Morgan fingerprint density at radius 3 is 2.64 bits per heavy atom. The Morgan fingerprint density at radius 2 is 1.97 bits per heavy atom. The fraction of sp³-hybridized carbons (Fsp3) is 0.458. The Bertz CT molecular complexity index is 1230. The smallest absolute Gasteiger partial charge is 0.326 e. The molecule has 0 bridgehead atoms. The normalized spacial score (nSPS) is 19.2. The molecule has 1 N–H and O–H groups in total. The van der Waals surface area contributed by atoms with Crippen molar-refractivity contribution < 1.29 is 22.7 Å². The van der Waals surface area contributed by atoms with E-state index in [2.05, 4.69) is 6.07 Å². The third-order valence-electron chi connectivity index (χ3n) is 6.31. The summed E-state index contributed by atoms with van der Waals surface area (Å²) in [6, 6.07) is 11.3. The monoisotopic (exact) mass is 469 g/mol. The molecule has 2 aliphatic rings. The molecule has 0 aromatic heterocycles. The molecule has 1 unspecified atom stereocenters. The quantitative estimate of drug-likeness (QED) is 0.510. The second kappa shape index (κ2) is 9.40. The fourth-order valence-electron chi connectivity index (χ4n) is 4.39. The molecule has 8 nitrogen and oxygen atoms in total. The van der Waals surface area contributed by atoms with E-state index < -0.39 is 16.1 Å². The molecule has 1 saturated carbocycles. The average molecular weight is 470 g/mol. The molecule has 0 radical (unpaired) electrons. The SMILES string of the molecule is CC(C#N)CCc1ccc2cc(OC(=O)C3CCCCC3)c(N3CC(=O)NS3(=O)=O)cc2c1. The maximum atomic E-state index is 12.8. The van der Waals surface area contributed by atoms with Crippen LogP contribution in [0.4, 0.5) is 5.69 Å². The van der Waals surface area contributed by atoms with Gasteiger partial charge in [-0.05, 0) is 61.1 Å². The predicted octanol–water partition coefficient (Wildman–Crippen LogP) is 3.60. The third-order valence-corrected chi connectivity index (χ3v) is 7.70. The van der Waals surface area contributed by atoms with E-state index in [1.54, 1.807) is 12.1 Å². The van der Waals surface area contributed by atoms with Crippen LogP contribution in [0.3, 0.4) is 0 Å². The lowest BCUT2D eigenvalue weighted by atomic mass is 9.89. The molecular formula is C24H27N3O5S. The van der Waals surface area contributed by atoms with Gasteiger partial charge in [-0.3, -0.25) is 9.59 Å². The first-order valence-electron chi connectivity index (χ1n) is 11.3. The van der Waals surface area contributed by atoms with Crippen molar-refractivity contribution in [2.75, 3.05) is 10.8 Å². The van der Waals surface area contributed by atoms with Gasteiger partial charge in [0.05, 0.1) is 17.7 Å². The highest BCUT2D eigenvalue weighted by Gasteiger charge is 2.36. The summed E-state index contributed by atoms with van der Waals surface area (Å²) in [5, 5.41) is 10.6. The number of carbonyl (C=O) groups excluding carboxylic acids is 2. The van der Waals surface area contributed by atoms with Crippen LogP contribution in [0.25, 0.3) is 10.8 Å².